The van der Waals surface area contributed by atoms with Gasteiger partial charge in [0.2, 0.25) is 0 Å². The Kier molecular flexibility index (Phi) is 5.75. The Bertz CT molecular complexity index is 359. The van der Waals surface area contributed by atoms with Crippen LogP contribution in [0.4, 0.5) is 4.79 Å². The molecule has 108 valence electrons. The number of carbonyl (C=O) groups excluding carboxylic acids is 3. The van der Waals surface area contributed by atoms with E-state index in [0.717, 1.165) is 4.90 Å². The number of urea groups is 1. The van der Waals surface area contributed by atoms with Gasteiger partial charge in [0.25, 0.3) is 11.8 Å². The molecule has 0 saturated carbocycles. The lowest BCUT2D eigenvalue weighted by Crippen LogP contribution is -3.17. The van der Waals surface area contributed by atoms with Crippen molar-refractivity contribution in [2.75, 3.05) is 32.7 Å². The van der Waals surface area contributed by atoms with Crippen LogP contribution in [-0.2, 0) is 9.59 Å². The number of carbonyl (C=O) groups is 3. The van der Waals surface area contributed by atoms with Crippen LogP contribution < -0.4 is 15.5 Å². The lowest BCUT2D eigenvalue weighted by molar-refractivity contribution is -0.904. The largest absolute Gasteiger partial charge is 0.351 e. The molecule has 3 N–H and O–H groups in total. The lowest BCUT2D eigenvalue weighted by atomic mass is 10.2. The Hall–Kier alpha value is -1.63. The van der Waals surface area contributed by atoms with Crippen LogP contribution in [0.25, 0.3) is 0 Å². The van der Waals surface area contributed by atoms with Crippen LogP contribution in [-0.4, -0.2) is 61.5 Å². The van der Waals surface area contributed by atoms with Crippen molar-refractivity contribution < 1.29 is 19.3 Å². The fourth-order valence-electron chi connectivity index (χ4n) is 2.14. The third kappa shape index (κ3) is 3.92. The van der Waals surface area contributed by atoms with Crippen molar-refractivity contribution in [2.45, 2.75) is 26.8 Å². The Morgan fingerprint density at radius 1 is 1.47 bits per heavy atom. The first kappa shape index (κ1) is 15.4. The molecule has 1 saturated heterocycles. The molecule has 0 spiro atoms. The number of nitrogens with one attached hydrogen (secondary N) is 3. The highest BCUT2D eigenvalue weighted by Crippen LogP contribution is 1.99. The molecule has 0 aromatic carbocycles. The summed E-state index contributed by atoms with van der Waals surface area (Å²) in [5.41, 5.74) is 0. The number of likely N-dealkylation sites (N-methyl/N-ethyl adjacent to an activating group) is 2. The summed E-state index contributed by atoms with van der Waals surface area (Å²) in [4.78, 5) is 37.3. The fourth-order valence-corrected chi connectivity index (χ4v) is 2.14. The number of hydrogen-bond acceptors (Lipinski definition) is 3. The Morgan fingerprint density at radius 2 is 2.16 bits per heavy atom. The van der Waals surface area contributed by atoms with E-state index in [4.69, 9.17) is 0 Å². The Labute approximate surface area is 113 Å². The molecular formula is C12H23N4O3+. The van der Waals surface area contributed by atoms with Gasteiger partial charge in [-0.1, -0.05) is 0 Å². The van der Waals surface area contributed by atoms with Gasteiger partial charge in [0.1, 0.15) is 0 Å². The number of quaternary nitrogens is 1. The van der Waals surface area contributed by atoms with Crippen LogP contribution in [0, 0.1) is 0 Å². The van der Waals surface area contributed by atoms with Crippen molar-refractivity contribution >= 4 is 17.8 Å². The van der Waals surface area contributed by atoms with E-state index in [9.17, 15) is 14.4 Å². The van der Waals surface area contributed by atoms with Crippen LogP contribution in [0.15, 0.2) is 0 Å². The van der Waals surface area contributed by atoms with E-state index in [1.807, 2.05) is 13.8 Å². The van der Waals surface area contributed by atoms with Gasteiger partial charge < -0.3 is 15.5 Å². The van der Waals surface area contributed by atoms with Crippen LogP contribution >= 0.6 is 0 Å². The molecule has 2 atom stereocenters. The van der Waals surface area contributed by atoms with Gasteiger partial charge in [0.15, 0.2) is 12.6 Å². The molecule has 4 amide bonds. The lowest BCUT2D eigenvalue weighted by Gasteiger charge is -2.25. The normalized spacial score (nSPS) is 17.8. The molecule has 1 fully saturated rings. The number of hydrogen-bond donors (Lipinski definition) is 3. The minimum absolute atomic E-state index is 0.0788. The highest BCUT2D eigenvalue weighted by atomic mass is 16.2. The summed E-state index contributed by atoms with van der Waals surface area (Å²) in [7, 11) is 0. The molecule has 1 unspecified atom stereocenters. The van der Waals surface area contributed by atoms with Gasteiger partial charge in [0.05, 0.1) is 6.54 Å². The second-order valence-electron chi connectivity index (χ2n) is 4.59. The number of nitrogens with zero attached hydrogens (tertiary/aromatic N) is 1. The average molecular weight is 271 g/mol. The van der Waals surface area contributed by atoms with E-state index >= 15 is 0 Å². The summed E-state index contributed by atoms with van der Waals surface area (Å²) in [5.74, 6) is -0.305. The van der Waals surface area contributed by atoms with Crippen molar-refractivity contribution in [3.8, 4) is 0 Å². The predicted octanol–water partition coefficient (Wildman–Crippen LogP) is -2.03. The van der Waals surface area contributed by atoms with E-state index in [2.05, 4.69) is 10.6 Å². The van der Waals surface area contributed by atoms with Gasteiger partial charge >= 0.3 is 6.03 Å². The van der Waals surface area contributed by atoms with E-state index in [1.165, 1.54) is 4.90 Å². The molecule has 1 aliphatic heterocycles. The first-order chi connectivity index (χ1) is 9.01. The third-order valence-corrected chi connectivity index (χ3v) is 3.32. The van der Waals surface area contributed by atoms with Crippen molar-refractivity contribution in [1.82, 2.24) is 15.5 Å². The molecule has 19 heavy (non-hydrogen) atoms. The van der Waals surface area contributed by atoms with Gasteiger partial charge in [-0.3, -0.25) is 14.5 Å². The summed E-state index contributed by atoms with van der Waals surface area (Å²) in [6.45, 7) is 7.90. The average Bonchev–Trinajstić information content (AvgIpc) is 2.81. The maximum absolute atomic E-state index is 12.2. The molecule has 7 nitrogen and oxygen atoms in total. The van der Waals surface area contributed by atoms with Crippen LogP contribution in [0.2, 0.25) is 0 Å². The summed E-state index contributed by atoms with van der Waals surface area (Å²) in [6.07, 6.45) is 0. The molecule has 1 aliphatic rings. The number of amides is 4. The summed E-state index contributed by atoms with van der Waals surface area (Å²) >= 11 is 0. The number of rotatable bonds is 6. The summed E-state index contributed by atoms with van der Waals surface area (Å²) < 4.78 is 0. The fraction of sp³-hybridized carbons (Fsp3) is 0.750. The van der Waals surface area contributed by atoms with Crippen molar-refractivity contribution in [1.29, 1.82) is 0 Å². The van der Waals surface area contributed by atoms with Crippen molar-refractivity contribution in [3.63, 3.8) is 0 Å². The quantitative estimate of drug-likeness (QED) is 0.521. The monoisotopic (exact) mass is 271 g/mol. The second kappa shape index (κ2) is 7.08. The van der Waals surface area contributed by atoms with E-state index in [-0.39, 0.29) is 24.4 Å². The molecule has 7 heteroatoms. The van der Waals surface area contributed by atoms with Crippen molar-refractivity contribution in [3.05, 3.63) is 0 Å². The summed E-state index contributed by atoms with van der Waals surface area (Å²) in [6, 6.07) is -0.748. The minimum Gasteiger partial charge on any atom is -0.351 e. The van der Waals surface area contributed by atoms with E-state index in [0.29, 0.717) is 26.2 Å². The Morgan fingerprint density at radius 3 is 2.63 bits per heavy atom. The molecule has 0 aromatic rings. The highest BCUT2D eigenvalue weighted by Gasteiger charge is 2.35. The van der Waals surface area contributed by atoms with Gasteiger partial charge in [0, 0.05) is 19.6 Å². The van der Waals surface area contributed by atoms with Gasteiger partial charge in [-0.2, -0.15) is 0 Å². The van der Waals surface area contributed by atoms with Crippen LogP contribution in [0.5, 0.6) is 0 Å². The Balaban J connectivity index is 2.61. The summed E-state index contributed by atoms with van der Waals surface area (Å²) in [5, 5.41) is 5.32. The van der Waals surface area contributed by atoms with Crippen LogP contribution in [0.3, 0.4) is 0 Å². The molecule has 1 rings (SSSR count). The number of imide groups is 1. The molecule has 0 bridgehead atoms. The van der Waals surface area contributed by atoms with E-state index < -0.39 is 6.04 Å². The van der Waals surface area contributed by atoms with Gasteiger partial charge in [-0.15, -0.1) is 0 Å². The van der Waals surface area contributed by atoms with Gasteiger partial charge in [-0.05, 0) is 20.8 Å². The predicted molar refractivity (Wildman–Crippen MR) is 69.6 cm³/mol. The topological polar surface area (TPSA) is 82.9 Å². The standard InChI is InChI=1S/C12H22N4O3/c1-4-13-10(17)8-15(5-2)9(3)11(18)16-7-6-14-12(16)19/h9H,4-8H2,1-3H3,(H,13,17)(H,14,19)/p+1/t9-/m1/s1. The first-order valence-corrected chi connectivity index (χ1v) is 6.71. The van der Waals surface area contributed by atoms with E-state index in [1.54, 1.807) is 6.92 Å². The molecule has 0 aliphatic carbocycles. The first-order valence-electron chi connectivity index (χ1n) is 6.71. The zero-order valence-corrected chi connectivity index (χ0v) is 11.8. The molecule has 1 heterocycles. The van der Waals surface area contributed by atoms with Crippen LogP contribution in [0.1, 0.15) is 20.8 Å². The zero-order valence-electron chi connectivity index (χ0n) is 11.8. The van der Waals surface area contributed by atoms with Crippen molar-refractivity contribution in [2.24, 2.45) is 0 Å². The molecule has 0 radical (unpaired) electrons. The molecule has 0 aromatic heterocycles. The SMILES string of the molecule is CCNC(=O)C[NH+](CC)[C@H](C)C(=O)N1CCNC1=O. The zero-order chi connectivity index (χ0) is 14.4. The maximum atomic E-state index is 12.2. The molecular weight excluding hydrogens is 248 g/mol. The van der Waals surface area contributed by atoms with Gasteiger partial charge in [-0.25, -0.2) is 4.79 Å². The highest BCUT2D eigenvalue weighted by molar-refractivity contribution is 5.97. The minimum atomic E-state index is -0.406. The smallest absolute Gasteiger partial charge is 0.324 e. The second-order valence-corrected chi connectivity index (χ2v) is 4.59. The third-order valence-electron chi connectivity index (χ3n) is 3.32. The maximum Gasteiger partial charge on any atom is 0.324 e.